The summed E-state index contributed by atoms with van der Waals surface area (Å²) in [7, 11) is 1.55. The Morgan fingerprint density at radius 2 is 1.80 bits per heavy atom. The molecule has 0 aliphatic carbocycles. The van der Waals surface area contributed by atoms with E-state index < -0.39 is 11.5 Å². The van der Waals surface area contributed by atoms with Gasteiger partial charge in [0.1, 0.15) is 11.5 Å². The molecule has 0 fully saturated rings. The lowest BCUT2D eigenvalue weighted by atomic mass is 10.1. The van der Waals surface area contributed by atoms with E-state index in [1.54, 1.807) is 62.6 Å². The lowest BCUT2D eigenvalue weighted by molar-refractivity contribution is 0.0521. The minimum Gasteiger partial charge on any atom is -0.506 e. The first-order valence-electron chi connectivity index (χ1n) is 7.76. The first-order chi connectivity index (χ1) is 12.1. The second-order valence-corrected chi connectivity index (χ2v) is 5.30. The molecule has 0 unspecified atom stereocenters. The second kappa shape index (κ2) is 6.68. The van der Waals surface area contributed by atoms with Crippen LogP contribution in [-0.4, -0.2) is 29.4 Å². The Bertz CT molecular complexity index is 989. The molecule has 3 aromatic rings. The van der Waals surface area contributed by atoms with E-state index in [1.807, 2.05) is 0 Å². The summed E-state index contributed by atoms with van der Waals surface area (Å²) in [5.74, 6) is -0.577. The molecule has 0 aliphatic rings. The summed E-state index contributed by atoms with van der Waals surface area (Å²) in [4.78, 5) is 25.1. The summed E-state index contributed by atoms with van der Waals surface area (Å²) < 4.78 is 11.4. The summed E-state index contributed by atoms with van der Waals surface area (Å²) in [6.45, 7) is 1.74. The van der Waals surface area contributed by atoms with Crippen LogP contribution < -0.4 is 10.3 Å². The van der Waals surface area contributed by atoms with E-state index in [9.17, 15) is 14.7 Å². The van der Waals surface area contributed by atoms with Gasteiger partial charge in [0.25, 0.3) is 5.56 Å². The number of carbonyl (C=O) groups is 1. The van der Waals surface area contributed by atoms with Crippen molar-refractivity contribution in [3.8, 4) is 17.2 Å². The van der Waals surface area contributed by atoms with E-state index in [0.717, 1.165) is 0 Å². The molecule has 2 aromatic carbocycles. The maximum Gasteiger partial charge on any atom is 0.347 e. The van der Waals surface area contributed by atoms with E-state index in [0.29, 0.717) is 22.3 Å². The Morgan fingerprint density at radius 3 is 2.44 bits per heavy atom. The van der Waals surface area contributed by atoms with Crippen LogP contribution in [-0.2, 0) is 4.74 Å². The minimum absolute atomic E-state index is 0.104. The summed E-state index contributed by atoms with van der Waals surface area (Å²) in [5, 5.41) is 10.8. The Balaban J connectivity index is 2.36. The number of carbonyl (C=O) groups excluding carboxylic acids is 1. The third kappa shape index (κ3) is 2.82. The number of esters is 1. The predicted octanol–water partition coefficient (Wildman–Crippen LogP) is 2.88. The van der Waals surface area contributed by atoms with Gasteiger partial charge in [0.05, 0.1) is 19.2 Å². The summed E-state index contributed by atoms with van der Waals surface area (Å²) in [6, 6.07) is 13.7. The Labute approximate surface area is 143 Å². The predicted molar refractivity (Wildman–Crippen MR) is 93.7 cm³/mol. The van der Waals surface area contributed by atoms with E-state index in [1.165, 1.54) is 4.57 Å². The summed E-state index contributed by atoms with van der Waals surface area (Å²) >= 11 is 0. The fraction of sp³-hybridized carbons (Fsp3) is 0.158. The van der Waals surface area contributed by atoms with E-state index in [2.05, 4.69) is 0 Å². The van der Waals surface area contributed by atoms with Crippen LogP contribution in [0.4, 0.5) is 0 Å². The molecular weight excluding hydrogens is 322 g/mol. The maximum absolute atomic E-state index is 12.9. The average Bonchev–Trinajstić information content (AvgIpc) is 2.63. The highest BCUT2D eigenvalue weighted by atomic mass is 16.5. The first-order valence-corrected chi connectivity index (χ1v) is 7.76. The van der Waals surface area contributed by atoms with Gasteiger partial charge in [-0.1, -0.05) is 12.1 Å². The number of pyridine rings is 1. The number of aromatic hydroxyl groups is 1. The minimum atomic E-state index is -0.849. The number of rotatable bonds is 4. The van der Waals surface area contributed by atoms with E-state index >= 15 is 0 Å². The van der Waals surface area contributed by atoms with Crippen LogP contribution in [0.25, 0.3) is 16.6 Å². The highest BCUT2D eigenvalue weighted by Gasteiger charge is 2.23. The van der Waals surface area contributed by atoms with Gasteiger partial charge in [-0.25, -0.2) is 4.79 Å². The lowest BCUT2D eigenvalue weighted by Gasteiger charge is -2.14. The zero-order valence-electron chi connectivity index (χ0n) is 13.9. The number of nitrogens with zero attached hydrogens (tertiary/aromatic N) is 1. The zero-order valence-corrected chi connectivity index (χ0v) is 13.9. The molecule has 0 atom stereocenters. The quantitative estimate of drug-likeness (QED) is 0.740. The van der Waals surface area contributed by atoms with Gasteiger partial charge >= 0.3 is 5.97 Å². The molecule has 6 heteroatoms. The monoisotopic (exact) mass is 339 g/mol. The molecular formula is C19H17NO5. The van der Waals surface area contributed by atoms with E-state index in [4.69, 9.17) is 9.47 Å². The van der Waals surface area contributed by atoms with Gasteiger partial charge in [0, 0.05) is 11.1 Å². The number of hydrogen-bond acceptors (Lipinski definition) is 5. The molecule has 0 amide bonds. The van der Waals surface area contributed by atoms with E-state index in [-0.39, 0.29) is 17.9 Å². The molecule has 0 radical (unpaired) electrons. The van der Waals surface area contributed by atoms with Crippen LogP contribution in [0.3, 0.4) is 0 Å². The Kier molecular flexibility index (Phi) is 4.43. The van der Waals surface area contributed by atoms with Crippen molar-refractivity contribution >= 4 is 16.9 Å². The average molecular weight is 339 g/mol. The zero-order chi connectivity index (χ0) is 18.0. The number of methoxy groups -OCH3 is 1. The van der Waals surface area contributed by atoms with Crippen molar-refractivity contribution in [2.24, 2.45) is 0 Å². The number of hydrogen-bond donors (Lipinski definition) is 1. The largest absolute Gasteiger partial charge is 0.506 e. The summed E-state index contributed by atoms with van der Waals surface area (Å²) in [5.41, 5.74) is 0.0203. The molecule has 6 nitrogen and oxygen atoms in total. The van der Waals surface area contributed by atoms with Crippen molar-refractivity contribution in [2.45, 2.75) is 6.92 Å². The molecule has 0 bridgehead atoms. The van der Waals surface area contributed by atoms with Gasteiger partial charge in [0.2, 0.25) is 0 Å². The number of ether oxygens (including phenoxy) is 2. The number of aromatic nitrogens is 1. The first kappa shape index (κ1) is 16.6. The third-order valence-electron chi connectivity index (χ3n) is 3.86. The molecule has 3 rings (SSSR count). The number of benzene rings is 2. The van der Waals surface area contributed by atoms with Crippen molar-refractivity contribution in [3.05, 3.63) is 64.4 Å². The lowest BCUT2D eigenvalue weighted by Crippen LogP contribution is -2.27. The van der Waals surface area contributed by atoms with Crippen molar-refractivity contribution in [3.63, 3.8) is 0 Å². The SMILES string of the molecule is CCOC(=O)c1c(O)c2ccccc2n(-c2ccc(OC)cc2)c1=O. The van der Waals surface area contributed by atoms with Crippen LogP contribution in [0.5, 0.6) is 11.5 Å². The maximum atomic E-state index is 12.9. The van der Waals surface area contributed by atoms with Gasteiger partial charge in [-0.15, -0.1) is 0 Å². The van der Waals surface area contributed by atoms with Crippen molar-refractivity contribution in [1.82, 2.24) is 4.57 Å². The van der Waals surface area contributed by atoms with Crippen LogP contribution in [0.2, 0.25) is 0 Å². The molecule has 1 N–H and O–H groups in total. The Morgan fingerprint density at radius 1 is 1.12 bits per heavy atom. The molecule has 25 heavy (non-hydrogen) atoms. The van der Waals surface area contributed by atoms with Crippen molar-refractivity contribution < 1.29 is 19.4 Å². The Hall–Kier alpha value is -3.28. The highest BCUT2D eigenvalue weighted by molar-refractivity contribution is 6.00. The van der Waals surface area contributed by atoms with Crippen molar-refractivity contribution in [2.75, 3.05) is 13.7 Å². The molecule has 0 saturated carbocycles. The molecule has 0 aliphatic heterocycles. The van der Waals surface area contributed by atoms with Gasteiger partial charge in [-0.2, -0.15) is 0 Å². The molecule has 128 valence electrons. The molecule has 0 spiro atoms. The van der Waals surface area contributed by atoms with Gasteiger partial charge in [-0.3, -0.25) is 9.36 Å². The van der Waals surface area contributed by atoms with Crippen LogP contribution >= 0.6 is 0 Å². The molecule has 0 saturated heterocycles. The smallest absolute Gasteiger partial charge is 0.347 e. The fourth-order valence-electron chi connectivity index (χ4n) is 2.70. The van der Waals surface area contributed by atoms with Crippen LogP contribution in [0, 0.1) is 0 Å². The summed E-state index contributed by atoms with van der Waals surface area (Å²) in [6.07, 6.45) is 0. The molecule has 1 aromatic heterocycles. The molecule has 1 heterocycles. The third-order valence-corrected chi connectivity index (χ3v) is 3.86. The van der Waals surface area contributed by atoms with Gasteiger partial charge in [0.15, 0.2) is 5.56 Å². The second-order valence-electron chi connectivity index (χ2n) is 5.30. The number of fused-ring (bicyclic) bond motifs is 1. The van der Waals surface area contributed by atoms with Crippen LogP contribution in [0.1, 0.15) is 17.3 Å². The topological polar surface area (TPSA) is 77.8 Å². The normalized spacial score (nSPS) is 10.6. The number of para-hydroxylation sites is 1. The standard InChI is InChI=1S/C19H17NO5/c1-3-25-19(23)16-17(21)14-6-4-5-7-15(14)20(18(16)22)12-8-10-13(24-2)11-9-12/h4-11,21H,3H2,1-2H3. The van der Waals surface area contributed by atoms with Crippen molar-refractivity contribution in [1.29, 1.82) is 0 Å². The van der Waals surface area contributed by atoms with Gasteiger partial charge < -0.3 is 14.6 Å². The fourth-order valence-corrected chi connectivity index (χ4v) is 2.70. The highest BCUT2D eigenvalue weighted by Crippen LogP contribution is 2.28. The van der Waals surface area contributed by atoms with Crippen LogP contribution in [0.15, 0.2) is 53.3 Å². The van der Waals surface area contributed by atoms with Gasteiger partial charge in [-0.05, 0) is 43.3 Å².